The van der Waals surface area contributed by atoms with Crippen molar-refractivity contribution in [3.63, 3.8) is 0 Å². The predicted octanol–water partition coefficient (Wildman–Crippen LogP) is 12.2. The van der Waals surface area contributed by atoms with Crippen LogP contribution in [0.1, 0.15) is 63.9 Å². The van der Waals surface area contributed by atoms with Crippen molar-refractivity contribution in [3.8, 4) is 0 Å². The van der Waals surface area contributed by atoms with Crippen molar-refractivity contribution in [2.45, 2.75) is 44.4 Å². The number of allylic oxidation sites excluding steroid dienone is 4. The van der Waals surface area contributed by atoms with Gasteiger partial charge in [0.05, 0.1) is 48.2 Å². The minimum atomic E-state index is -0.506. The molecule has 1 heterocycles. The van der Waals surface area contributed by atoms with Crippen molar-refractivity contribution >= 4 is 90.9 Å². The third-order valence-electron chi connectivity index (χ3n) is 10.0. The van der Waals surface area contributed by atoms with Gasteiger partial charge in [-0.2, -0.15) is 0 Å². The Bertz CT molecular complexity index is 2190. The zero-order valence-corrected chi connectivity index (χ0v) is 27.9. The number of carbonyl (C=O) groups is 2. The maximum atomic E-state index is 13.8. The fourth-order valence-electron chi connectivity index (χ4n) is 7.96. The summed E-state index contributed by atoms with van der Waals surface area (Å²) in [6.45, 7) is 2.14. The lowest BCUT2D eigenvalue weighted by Gasteiger charge is -2.38. The first-order chi connectivity index (χ1) is 22.2. The van der Waals surface area contributed by atoms with Crippen LogP contribution in [0.2, 0.25) is 20.1 Å². The number of halogens is 4. The van der Waals surface area contributed by atoms with Gasteiger partial charge in [-0.05, 0) is 65.3 Å². The van der Waals surface area contributed by atoms with E-state index >= 15 is 0 Å². The molecular formula is C39H27Cl4NO2. The summed E-state index contributed by atoms with van der Waals surface area (Å²) in [6, 6.07) is 25.7. The van der Waals surface area contributed by atoms with Crippen LogP contribution in [0.4, 0.5) is 11.4 Å². The largest absolute Gasteiger partial charge is 0.312 e. The summed E-state index contributed by atoms with van der Waals surface area (Å²) in [6.07, 6.45) is 8.86. The van der Waals surface area contributed by atoms with Crippen LogP contribution in [-0.4, -0.2) is 11.6 Å². The Morgan fingerprint density at radius 1 is 0.652 bits per heavy atom. The highest BCUT2D eigenvalue weighted by Gasteiger charge is 2.49. The average Bonchev–Trinajstić information content (AvgIpc) is 3.48. The second-order valence-electron chi connectivity index (χ2n) is 12.4. The number of anilines is 2. The Balaban J connectivity index is 1.43. The van der Waals surface area contributed by atoms with Crippen LogP contribution < -0.4 is 4.90 Å². The first kappa shape index (κ1) is 29.8. The van der Waals surface area contributed by atoms with Gasteiger partial charge in [0, 0.05) is 16.5 Å². The highest BCUT2D eigenvalue weighted by Crippen LogP contribution is 2.60. The summed E-state index contributed by atoms with van der Waals surface area (Å²) in [5.74, 6) is -1.01. The lowest BCUT2D eigenvalue weighted by molar-refractivity contribution is 0.0989. The maximum Gasteiger partial charge on any atom is 0.199 e. The molecule has 46 heavy (non-hydrogen) atoms. The molecule has 0 unspecified atom stereocenters. The fourth-order valence-corrected chi connectivity index (χ4v) is 8.99. The number of ketones is 2. The molecule has 0 saturated heterocycles. The van der Waals surface area contributed by atoms with Gasteiger partial charge in [0.25, 0.3) is 0 Å². The first-order valence-electron chi connectivity index (χ1n) is 15.4. The van der Waals surface area contributed by atoms with Crippen molar-refractivity contribution in [1.29, 1.82) is 0 Å². The van der Waals surface area contributed by atoms with Crippen LogP contribution >= 0.6 is 46.4 Å². The van der Waals surface area contributed by atoms with Gasteiger partial charge in [0.15, 0.2) is 11.6 Å². The molecule has 0 aromatic heterocycles. The molecule has 0 N–H and O–H groups in total. The number of Topliss-reactive ketones (excluding diaryl/α,β-unsaturated/α-hetero) is 2. The Morgan fingerprint density at radius 3 is 1.87 bits per heavy atom. The van der Waals surface area contributed by atoms with Crippen LogP contribution in [-0.2, 0) is 5.41 Å². The number of benzene rings is 5. The summed E-state index contributed by atoms with van der Waals surface area (Å²) in [7, 11) is 0. The highest BCUT2D eigenvalue weighted by atomic mass is 35.5. The molecule has 8 rings (SSSR count). The molecule has 3 nitrogen and oxygen atoms in total. The topological polar surface area (TPSA) is 37.4 Å². The molecule has 3 aliphatic rings. The number of nitrogens with zero attached hydrogens (tertiary/aromatic N) is 1. The number of fused-ring (bicyclic) bond motifs is 6. The van der Waals surface area contributed by atoms with E-state index in [4.69, 9.17) is 46.4 Å². The SMILES string of the molecule is Cc1ccc2ccccc2c1N1/C(=C\C=C2C(=O)c3c(Cl)c(Cl)c(Cl)c(Cl)c3C2=O)C2(CCCCC2)c2c1ccc1ccccc21. The number of hydrogen-bond acceptors (Lipinski definition) is 3. The zero-order valence-electron chi connectivity index (χ0n) is 24.9. The summed E-state index contributed by atoms with van der Waals surface area (Å²) in [5.41, 5.74) is 5.39. The first-order valence-corrected chi connectivity index (χ1v) is 16.9. The minimum Gasteiger partial charge on any atom is -0.312 e. The van der Waals surface area contributed by atoms with E-state index in [1.807, 2.05) is 6.08 Å². The molecule has 1 saturated carbocycles. The second-order valence-corrected chi connectivity index (χ2v) is 13.9. The van der Waals surface area contributed by atoms with E-state index in [2.05, 4.69) is 84.6 Å². The van der Waals surface area contributed by atoms with E-state index in [0.717, 1.165) is 65.5 Å². The molecule has 0 atom stereocenters. The van der Waals surface area contributed by atoms with Crippen LogP contribution in [0.3, 0.4) is 0 Å². The second kappa shape index (κ2) is 11.0. The molecule has 0 bridgehead atoms. The lowest BCUT2D eigenvalue weighted by atomic mass is 9.67. The summed E-state index contributed by atoms with van der Waals surface area (Å²) in [5, 5.41) is 4.50. The number of rotatable bonds is 2. The number of hydrogen-bond donors (Lipinski definition) is 0. The van der Waals surface area contributed by atoms with Crippen LogP contribution in [0, 0.1) is 6.92 Å². The fraction of sp³-hybridized carbons (Fsp3) is 0.179. The summed E-state index contributed by atoms with van der Waals surface area (Å²) >= 11 is 25.6. The molecule has 0 radical (unpaired) electrons. The van der Waals surface area contributed by atoms with Crippen LogP contribution in [0.5, 0.6) is 0 Å². The van der Waals surface area contributed by atoms with Gasteiger partial charge in [-0.25, -0.2) is 0 Å². The average molecular weight is 683 g/mol. The Labute approximate surface area is 287 Å². The van der Waals surface area contributed by atoms with E-state index in [1.165, 1.54) is 16.3 Å². The van der Waals surface area contributed by atoms with Crippen molar-refractivity contribution in [2.75, 3.05) is 4.90 Å². The molecular weight excluding hydrogens is 656 g/mol. The molecule has 2 aliphatic carbocycles. The van der Waals surface area contributed by atoms with Crippen LogP contribution in [0.15, 0.2) is 96.2 Å². The van der Waals surface area contributed by atoms with E-state index in [1.54, 1.807) is 6.08 Å². The van der Waals surface area contributed by atoms with E-state index in [0.29, 0.717) is 0 Å². The smallest absolute Gasteiger partial charge is 0.199 e. The van der Waals surface area contributed by atoms with Crippen LogP contribution in [0.25, 0.3) is 21.5 Å². The van der Waals surface area contributed by atoms with Crippen molar-refractivity contribution < 1.29 is 9.59 Å². The zero-order chi connectivity index (χ0) is 31.9. The van der Waals surface area contributed by atoms with E-state index in [-0.39, 0.29) is 42.2 Å². The van der Waals surface area contributed by atoms with Crippen molar-refractivity contribution in [1.82, 2.24) is 0 Å². The van der Waals surface area contributed by atoms with Crippen molar-refractivity contribution in [3.05, 3.63) is 139 Å². The summed E-state index contributed by atoms with van der Waals surface area (Å²) in [4.78, 5) is 30.0. The van der Waals surface area contributed by atoms with Crippen molar-refractivity contribution in [2.24, 2.45) is 0 Å². The molecule has 1 fully saturated rings. The van der Waals surface area contributed by atoms with Gasteiger partial charge in [0.1, 0.15) is 0 Å². The molecule has 5 aromatic carbocycles. The quantitative estimate of drug-likeness (QED) is 0.0805. The van der Waals surface area contributed by atoms with Gasteiger partial charge in [0.2, 0.25) is 0 Å². The van der Waals surface area contributed by atoms with Gasteiger partial charge >= 0.3 is 0 Å². The Hall–Kier alpha value is -3.60. The number of aryl methyl sites for hydroxylation is 1. The molecule has 1 spiro atoms. The minimum absolute atomic E-state index is 0.00514. The van der Waals surface area contributed by atoms with Gasteiger partial charge < -0.3 is 4.90 Å². The summed E-state index contributed by atoms with van der Waals surface area (Å²) < 4.78 is 0. The molecule has 5 aromatic rings. The third kappa shape index (κ3) is 4.12. The van der Waals surface area contributed by atoms with E-state index in [9.17, 15) is 9.59 Å². The normalized spacial score (nSPS) is 17.9. The predicted molar refractivity (Wildman–Crippen MR) is 191 cm³/mol. The monoisotopic (exact) mass is 681 g/mol. The highest BCUT2D eigenvalue weighted by molar-refractivity contribution is 6.57. The van der Waals surface area contributed by atoms with E-state index < -0.39 is 11.6 Å². The van der Waals surface area contributed by atoms with Gasteiger partial charge in [-0.15, -0.1) is 0 Å². The third-order valence-corrected chi connectivity index (χ3v) is 11.8. The molecule has 228 valence electrons. The Kier molecular flexibility index (Phi) is 7.12. The van der Waals surface area contributed by atoms with Gasteiger partial charge in [-0.1, -0.05) is 132 Å². The molecule has 1 aliphatic heterocycles. The number of carbonyl (C=O) groups excluding carboxylic acids is 2. The lowest BCUT2D eigenvalue weighted by Crippen LogP contribution is -2.32. The standard InChI is InChI=1S/C39H27Cl4NO2/c1-21-13-14-23-10-4-6-12-25(23)36(21)44-27-17-15-22-9-3-5-11-24(22)31(27)39(19-7-2-8-20-39)28(44)18-16-26-37(45)29-30(38(26)46)33(41)35(43)34(42)32(29)40/h3-6,9-18H,2,7-8,19-20H2,1H3/b28-18-. The van der Waals surface area contributed by atoms with Gasteiger partial charge in [-0.3, -0.25) is 9.59 Å². The Morgan fingerprint density at radius 2 is 1.22 bits per heavy atom. The molecule has 0 amide bonds. The maximum absolute atomic E-state index is 13.8. The molecule has 7 heteroatoms.